The number of hydrogen-bond donors (Lipinski definition) is 0. The first-order valence-electron chi connectivity index (χ1n) is 8.02. The molecule has 128 valence electrons. The van der Waals surface area contributed by atoms with Crippen LogP contribution in [0.15, 0.2) is 53.4 Å². The number of rotatable bonds is 5. The van der Waals surface area contributed by atoms with Gasteiger partial charge in [0, 0.05) is 11.6 Å². The number of sulfonamides is 1. The normalized spacial score (nSPS) is 18.7. The molecule has 4 nitrogen and oxygen atoms in total. The van der Waals surface area contributed by atoms with Gasteiger partial charge in [-0.3, -0.25) is 0 Å². The van der Waals surface area contributed by atoms with Gasteiger partial charge in [-0.05, 0) is 61.7 Å². The average molecular weight is 366 g/mol. The fourth-order valence-electron chi connectivity index (χ4n) is 3.06. The highest BCUT2D eigenvalue weighted by molar-refractivity contribution is 7.89. The van der Waals surface area contributed by atoms with Gasteiger partial charge < -0.3 is 4.74 Å². The maximum absolute atomic E-state index is 13.0. The Balaban J connectivity index is 1.88. The summed E-state index contributed by atoms with van der Waals surface area (Å²) in [6.45, 7) is 2.98. The van der Waals surface area contributed by atoms with Crippen LogP contribution in [-0.4, -0.2) is 25.9 Å². The molecule has 1 atom stereocenters. The Morgan fingerprint density at radius 2 is 1.79 bits per heavy atom. The molecule has 0 aromatic heterocycles. The molecule has 1 saturated heterocycles. The van der Waals surface area contributed by atoms with E-state index >= 15 is 0 Å². The van der Waals surface area contributed by atoms with Gasteiger partial charge in [-0.25, -0.2) is 8.42 Å². The third-order valence-electron chi connectivity index (χ3n) is 4.20. The Labute approximate surface area is 148 Å². The van der Waals surface area contributed by atoms with E-state index in [0.717, 1.165) is 18.4 Å². The van der Waals surface area contributed by atoms with Gasteiger partial charge in [0.25, 0.3) is 0 Å². The molecule has 24 heavy (non-hydrogen) atoms. The van der Waals surface area contributed by atoms with E-state index in [2.05, 4.69) is 0 Å². The molecule has 1 aliphatic rings. The van der Waals surface area contributed by atoms with Crippen molar-refractivity contribution >= 4 is 21.6 Å². The van der Waals surface area contributed by atoms with Crippen LogP contribution < -0.4 is 4.74 Å². The van der Waals surface area contributed by atoms with Gasteiger partial charge in [-0.2, -0.15) is 4.31 Å². The Hall–Kier alpha value is -1.56. The summed E-state index contributed by atoms with van der Waals surface area (Å²) in [6, 6.07) is 13.9. The lowest BCUT2D eigenvalue weighted by Crippen LogP contribution is -2.30. The first-order valence-corrected chi connectivity index (χ1v) is 9.84. The van der Waals surface area contributed by atoms with Crippen molar-refractivity contribution in [3.05, 3.63) is 59.1 Å². The van der Waals surface area contributed by atoms with E-state index < -0.39 is 10.0 Å². The zero-order valence-corrected chi connectivity index (χ0v) is 15.1. The van der Waals surface area contributed by atoms with E-state index in [1.54, 1.807) is 40.7 Å². The van der Waals surface area contributed by atoms with Crippen molar-refractivity contribution in [1.29, 1.82) is 0 Å². The molecule has 1 fully saturated rings. The quantitative estimate of drug-likeness (QED) is 0.795. The van der Waals surface area contributed by atoms with Crippen LogP contribution in [0, 0.1) is 0 Å². The predicted octanol–water partition coefficient (Wildman–Crippen LogP) is 4.26. The Morgan fingerprint density at radius 3 is 2.42 bits per heavy atom. The summed E-state index contributed by atoms with van der Waals surface area (Å²) in [7, 11) is -3.53. The molecule has 1 unspecified atom stereocenters. The molecule has 0 aliphatic carbocycles. The standard InChI is InChI=1S/C18H20ClNO3S/c1-2-23-16-9-11-17(12-10-16)24(21,22)20-13-3-4-18(20)14-5-7-15(19)8-6-14/h5-12,18H,2-4,13H2,1H3. The molecule has 1 heterocycles. The van der Waals surface area contributed by atoms with Crippen LogP contribution in [0.3, 0.4) is 0 Å². The predicted molar refractivity (Wildman–Crippen MR) is 94.9 cm³/mol. The van der Waals surface area contributed by atoms with Gasteiger partial charge in [0.1, 0.15) is 5.75 Å². The minimum Gasteiger partial charge on any atom is -0.494 e. The second kappa shape index (κ2) is 7.13. The molecule has 3 rings (SSSR count). The molecular weight excluding hydrogens is 346 g/mol. The van der Waals surface area contributed by atoms with Crippen LogP contribution >= 0.6 is 11.6 Å². The van der Waals surface area contributed by atoms with Gasteiger partial charge in [-0.1, -0.05) is 23.7 Å². The smallest absolute Gasteiger partial charge is 0.243 e. The molecular formula is C18H20ClNO3S. The fraction of sp³-hybridized carbons (Fsp3) is 0.333. The summed E-state index contributed by atoms with van der Waals surface area (Å²) in [5.41, 5.74) is 0.978. The second-order valence-electron chi connectivity index (χ2n) is 5.73. The third-order valence-corrected chi connectivity index (χ3v) is 6.37. The van der Waals surface area contributed by atoms with Gasteiger partial charge in [-0.15, -0.1) is 0 Å². The zero-order chi connectivity index (χ0) is 17.2. The second-order valence-corrected chi connectivity index (χ2v) is 8.06. The van der Waals surface area contributed by atoms with E-state index in [9.17, 15) is 8.42 Å². The minimum atomic E-state index is -3.53. The van der Waals surface area contributed by atoms with E-state index in [0.29, 0.717) is 28.8 Å². The monoisotopic (exact) mass is 365 g/mol. The van der Waals surface area contributed by atoms with Crippen molar-refractivity contribution in [2.45, 2.75) is 30.7 Å². The van der Waals surface area contributed by atoms with Crippen LogP contribution in [0.1, 0.15) is 31.4 Å². The minimum absolute atomic E-state index is 0.140. The molecule has 2 aromatic rings. The van der Waals surface area contributed by atoms with Crippen molar-refractivity contribution < 1.29 is 13.2 Å². The highest BCUT2D eigenvalue weighted by Crippen LogP contribution is 2.37. The summed E-state index contributed by atoms with van der Waals surface area (Å²) in [4.78, 5) is 0.298. The molecule has 0 spiro atoms. The van der Waals surface area contributed by atoms with Gasteiger partial charge >= 0.3 is 0 Å². The number of halogens is 1. The van der Waals surface area contributed by atoms with Crippen LogP contribution in [0.4, 0.5) is 0 Å². The van der Waals surface area contributed by atoms with Crippen molar-refractivity contribution in [2.75, 3.05) is 13.2 Å². The maximum atomic E-state index is 13.0. The lowest BCUT2D eigenvalue weighted by atomic mass is 10.1. The first-order chi connectivity index (χ1) is 11.5. The van der Waals surface area contributed by atoms with E-state index in [1.165, 1.54) is 0 Å². The fourth-order valence-corrected chi connectivity index (χ4v) is 4.86. The van der Waals surface area contributed by atoms with Crippen molar-refractivity contribution in [3.8, 4) is 5.75 Å². The van der Waals surface area contributed by atoms with Crippen LogP contribution in [0.25, 0.3) is 0 Å². The van der Waals surface area contributed by atoms with Gasteiger partial charge in [0.2, 0.25) is 10.0 Å². The third kappa shape index (κ3) is 3.43. The van der Waals surface area contributed by atoms with Crippen molar-refractivity contribution in [1.82, 2.24) is 4.31 Å². The van der Waals surface area contributed by atoms with Gasteiger partial charge in [0.05, 0.1) is 17.5 Å². The topological polar surface area (TPSA) is 46.6 Å². The number of hydrogen-bond acceptors (Lipinski definition) is 3. The lowest BCUT2D eigenvalue weighted by Gasteiger charge is -2.24. The molecule has 0 N–H and O–H groups in total. The highest BCUT2D eigenvalue weighted by atomic mass is 35.5. The molecule has 1 aliphatic heterocycles. The first kappa shape index (κ1) is 17.3. The Bertz CT molecular complexity index is 788. The summed E-state index contributed by atoms with van der Waals surface area (Å²) in [5, 5.41) is 0.651. The molecule has 0 amide bonds. The number of ether oxygens (including phenoxy) is 1. The summed E-state index contributed by atoms with van der Waals surface area (Å²) < 4.78 is 33.0. The summed E-state index contributed by atoms with van der Waals surface area (Å²) in [6.07, 6.45) is 1.67. The average Bonchev–Trinajstić information content (AvgIpc) is 3.07. The number of benzene rings is 2. The van der Waals surface area contributed by atoms with E-state index in [4.69, 9.17) is 16.3 Å². The molecule has 0 radical (unpaired) electrons. The van der Waals surface area contributed by atoms with Crippen LogP contribution in [0.2, 0.25) is 5.02 Å². The largest absolute Gasteiger partial charge is 0.494 e. The van der Waals surface area contributed by atoms with Crippen molar-refractivity contribution in [3.63, 3.8) is 0 Å². The van der Waals surface area contributed by atoms with Crippen LogP contribution in [-0.2, 0) is 10.0 Å². The van der Waals surface area contributed by atoms with Gasteiger partial charge in [0.15, 0.2) is 0 Å². The van der Waals surface area contributed by atoms with Crippen molar-refractivity contribution in [2.24, 2.45) is 0 Å². The summed E-state index contributed by atoms with van der Waals surface area (Å²) >= 11 is 5.94. The summed E-state index contributed by atoms with van der Waals surface area (Å²) in [5.74, 6) is 0.673. The Kier molecular flexibility index (Phi) is 5.13. The SMILES string of the molecule is CCOc1ccc(S(=O)(=O)N2CCCC2c2ccc(Cl)cc2)cc1. The number of nitrogens with zero attached hydrogens (tertiary/aromatic N) is 1. The highest BCUT2D eigenvalue weighted by Gasteiger charge is 2.36. The van der Waals surface area contributed by atoms with Crippen LogP contribution in [0.5, 0.6) is 5.75 Å². The lowest BCUT2D eigenvalue weighted by molar-refractivity contribution is 0.340. The van der Waals surface area contributed by atoms with E-state index in [1.807, 2.05) is 19.1 Å². The molecule has 0 saturated carbocycles. The molecule has 2 aromatic carbocycles. The zero-order valence-electron chi connectivity index (χ0n) is 13.5. The molecule has 0 bridgehead atoms. The maximum Gasteiger partial charge on any atom is 0.243 e. The van der Waals surface area contributed by atoms with E-state index in [-0.39, 0.29) is 6.04 Å². The Morgan fingerprint density at radius 1 is 1.12 bits per heavy atom. The molecule has 6 heteroatoms.